The summed E-state index contributed by atoms with van der Waals surface area (Å²) in [5.74, 6) is 4.15. The van der Waals surface area contributed by atoms with Crippen LogP contribution >= 0.6 is 0 Å². The summed E-state index contributed by atoms with van der Waals surface area (Å²) in [6, 6.07) is 10.9. The number of hydrogen-bond donors (Lipinski definition) is 0. The van der Waals surface area contributed by atoms with Crippen molar-refractivity contribution in [1.82, 2.24) is 14.7 Å². The van der Waals surface area contributed by atoms with Crippen LogP contribution < -0.4 is 0 Å². The molecular formula is C19H23N3. The molecule has 0 unspecified atom stereocenters. The van der Waals surface area contributed by atoms with E-state index in [1.54, 1.807) is 6.42 Å². The van der Waals surface area contributed by atoms with Gasteiger partial charge in [0.05, 0.1) is 5.69 Å². The molecular weight excluding hydrogens is 270 g/mol. The summed E-state index contributed by atoms with van der Waals surface area (Å²) in [6.07, 6.45) is 8.38. The molecule has 1 aromatic heterocycles. The first kappa shape index (κ1) is 12.9. The maximum absolute atomic E-state index is 4.29. The highest BCUT2D eigenvalue weighted by Gasteiger charge is 2.51. The maximum atomic E-state index is 4.29. The number of hydrogen-bond acceptors (Lipinski definition) is 2. The molecule has 1 saturated heterocycles. The monoisotopic (exact) mass is 293 g/mol. The minimum atomic E-state index is 1.02. The average molecular weight is 293 g/mol. The lowest BCUT2D eigenvalue weighted by atomic mass is 9.82. The van der Waals surface area contributed by atoms with Crippen LogP contribution in [0.25, 0.3) is 5.69 Å². The Morgan fingerprint density at radius 1 is 1.00 bits per heavy atom. The SMILES string of the molecule is c1cnn(-c2ccc(CN3C[C@@H]4[C@@H]5CC[C@@H](C5)[C@@H]4C3)cc2)c1. The molecule has 2 bridgehead atoms. The second kappa shape index (κ2) is 4.95. The van der Waals surface area contributed by atoms with Crippen LogP contribution in [0, 0.1) is 23.7 Å². The fraction of sp³-hybridized carbons (Fsp3) is 0.526. The molecule has 1 aliphatic heterocycles. The average Bonchev–Trinajstić information content (AvgIpc) is 3.30. The molecule has 3 aliphatic rings. The summed E-state index contributed by atoms with van der Waals surface area (Å²) in [5.41, 5.74) is 2.58. The van der Waals surface area contributed by atoms with Gasteiger partial charge in [-0.1, -0.05) is 12.1 Å². The molecule has 0 amide bonds. The van der Waals surface area contributed by atoms with E-state index in [0.29, 0.717) is 0 Å². The molecule has 1 aromatic carbocycles. The summed E-state index contributed by atoms with van der Waals surface area (Å²) < 4.78 is 1.92. The Hall–Kier alpha value is -1.61. The van der Waals surface area contributed by atoms with Crippen LogP contribution in [0.2, 0.25) is 0 Å². The third-order valence-electron chi connectivity index (χ3n) is 6.32. The van der Waals surface area contributed by atoms with Gasteiger partial charge in [0.25, 0.3) is 0 Å². The first-order valence-electron chi connectivity index (χ1n) is 8.68. The van der Waals surface area contributed by atoms with Crippen LogP contribution in [0.4, 0.5) is 0 Å². The van der Waals surface area contributed by atoms with Gasteiger partial charge in [0.1, 0.15) is 0 Å². The van der Waals surface area contributed by atoms with Gasteiger partial charge < -0.3 is 0 Å². The van der Waals surface area contributed by atoms with Gasteiger partial charge in [0, 0.05) is 32.0 Å². The lowest BCUT2D eigenvalue weighted by molar-refractivity contribution is 0.281. The highest BCUT2D eigenvalue weighted by molar-refractivity contribution is 5.33. The molecule has 5 rings (SSSR count). The molecule has 2 aliphatic carbocycles. The summed E-state index contributed by atoms with van der Waals surface area (Å²) in [6.45, 7) is 3.80. The van der Waals surface area contributed by atoms with Crippen molar-refractivity contribution in [2.24, 2.45) is 23.7 Å². The Morgan fingerprint density at radius 3 is 2.36 bits per heavy atom. The number of nitrogens with zero attached hydrogens (tertiary/aromatic N) is 3. The van der Waals surface area contributed by atoms with E-state index in [1.807, 2.05) is 23.1 Å². The molecule has 3 heteroatoms. The van der Waals surface area contributed by atoms with Crippen LogP contribution in [0.15, 0.2) is 42.7 Å². The fourth-order valence-electron chi connectivity index (χ4n) is 5.33. The van der Waals surface area contributed by atoms with Gasteiger partial charge in [0.15, 0.2) is 0 Å². The van der Waals surface area contributed by atoms with Gasteiger partial charge in [-0.05, 0) is 66.7 Å². The molecule has 22 heavy (non-hydrogen) atoms. The highest BCUT2D eigenvalue weighted by atomic mass is 15.3. The summed E-state index contributed by atoms with van der Waals surface area (Å²) >= 11 is 0. The van der Waals surface area contributed by atoms with Gasteiger partial charge in [-0.15, -0.1) is 0 Å². The van der Waals surface area contributed by atoms with Crippen LogP contribution in [0.3, 0.4) is 0 Å². The van der Waals surface area contributed by atoms with E-state index in [-0.39, 0.29) is 0 Å². The third-order valence-corrected chi connectivity index (χ3v) is 6.32. The second-order valence-corrected chi connectivity index (χ2v) is 7.47. The molecule has 2 heterocycles. The van der Waals surface area contributed by atoms with Crippen molar-refractivity contribution in [3.8, 4) is 5.69 Å². The zero-order valence-corrected chi connectivity index (χ0v) is 12.9. The van der Waals surface area contributed by atoms with Crippen molar-refractivity contribution in [3.05, 3.63) is 48.3 Å². The lowest BCUT2D eigenvalue weighted by Crippen LogP contribution is -2.22. The summed E-state index contributed by atoms with van der Waals surface area (Å²) in [7, 11) is 0. The Bertz CT molecular complexity index is 628. The normalized spacial score (nSPS) is 33.5. The number of rotatable bonds is 3. The van der Waals surface area contributed by atoms with Crippen LogP contribution in [0.5, 0.6) is 0 Å². The van der Waals surface area contributed by atoms with E-state index in [9.17, 15) is 0 Å². The topological polar surface area (TPSA) is 21.1 Å². The van der Waals surface area contributed by atoms with Crippen molar-refractivity contribution < 1.29 is 0 Å². The first-order chi connectivity index (χ1) is 10.9. The van der Waals surface area contributed by atoms with E-state index >= 15 is 0 Å². The molecule has 0 radical (unpaired) electrons. The quantitative estimate of drug-likeness (QED) is 0.865. The summed E-state index contributed by atoms with van der Waals surface area (Å²) in [5, 5.41) is 4.29. The molecule has 4 atom stereocenters. The Morgan fingerprint density at radius 2 is 1.73 bits per heavy atom. The molecule has 0 N–H and O–H groups in total. The molecule has 114 valence electrons. The zero-order chi connectivity index (χ0) is 14.5. The smallest absolute Gasteiger partial charge is 0.0645 e. The van der Waals surface area contributed by atoms with Crippen molar-refractivity contribution in [2.75, 3.05) is 13.1 Å². The number of benzene rings is 1. The fourth-order valence-corrected chi connectivity index (χ4v) is 5.33. The van der Waals surface area contributed by atoms with E-state index in [1.165, 1.54) is 31.5 Å². The van der Waals surface area contributed by atoms with Crippen molar-refractivity contribution in [3.63, 3.8) is 0 Å². The van der Waals surface area contributed by atoms with Crippen molar-refractivity contribution in [1.29, 1.82) is 0 Å². The molecule has 2 saturated carbocycles. The molecule has 3 fully saturated rings. The third kappa shape index (κ3) is 2.03. The first-order valence-corrected chi connectivity index (χ1v) is 8.68. The lowest BCUT2D eigenvalue weighted by Gasteiger charge is -2.22. The minimum Gasteiger partial charge on any atom is -0.298 e. The zero-order valence-electron chi connectivity index (χ0n) is 12.9. The Kier molecular flexibility index (Phi) is 2.90. The van der Waals surface area contributed by atoms with Crippen LogP contribution in [-0.2, 0) is 6.54 Å². The van der Waals surface area contributed by atoms with Gasteiger partial charge in [-0.2, -0.15) is 5.10 Å². The molecule has 3 nitrogen and oxygen atoms in total. The minimum absolute atomic E-state index is 1.02. The number of likely N-dealkylation sites (tertiary alicyclic amines) is 1. The predicted octanol–water partition coefficient (Wildman–Crippen LogP) is 3.35. The standard InChI is InChI=1S/C19H23N3/c1-8-20-22(9-1)17-6-2-14(3-7-17)11-21-12-18-15-4-5-16(10-15)19(18)13-21/h1-3,6-9,15-16,18-19H,4-5,10-13H2/t15-,16+,18-,19+. The molecule has 2 aromatic rings. The van der Waals surface area contributed by atoms with Crippen molar-refractivity contribution in [2.45, 2.75) is 25.8 Å². The Balaban J connectivity index is 1.27. The molecule has 0 spiro atoms. The van der Waals surface area contributed by atoms with E-state index < -0.39 is 0 Å². The Labute approximate surface area is 131 Å². The van der Waals surface area contributed by atoms with E-state index in [0.717, 1.165) is 35.9 Å². The van der Waals surface area contributed by atoms with E-state index in [2.05, 4.69) is 34.3 Å². The maximum Gasteiger partial charge on any atom is 0.0645 e. The van der Waals surface area contributed by atoms with Gasteiger partial charge in [-0.3, -0.25) is 4.90 Å². The highest BCUT2D eigenvalue weighted by Crippen LogP contribution is 2.55. The number of fused-ring (bicyclic) bond motifs is 5. The number of aromatic nitrogens is 2. The summed E-state index contributed by atoms with van der Waals surface area (Å²) in [4.78, 5) is 2.70. The second-order valence-electron chi connectivity index (χ2n) is 7.47. The van der Waals surface area contributed by atoms with Gasteiger partial charge >= 0.3 is 0 Å². The van der Waals surface area contributed by atoms with E-state index in [4.69, 9.17) is 0 Å². The van der Waals surface area contributed by atoms with Crippen LogP contribution in [-0.4, -0.2) is 27.8 Å². The van der Waals surface area contributed by atoms with Crippen LogP contribution in [0.1, 0.15) is 24.8 Å². The van der Waals surface area contributed by atoms with Gasteiger partial charge in [0.2, 0.25) is 0 Å². The van der Waals surface area contributed by atoms with Gasteiger partial charge in [-0.25, -0.2) is 4.68 Å². The van der Waals surface area contributed by atoms with Crippen molar-refractivity contribution >= 4 is 0 Å². The predicted molar refractivity (Wildman–Crippen MR) is 86.7 cm³/mol. The largest absolute Gasteiger partial charge is 0.298 e.